The second-order valence-corrected chi connectivity index (χ2v) is 14.3. The first-order valence-electron chi connectivity index (χ1n) is 12.9. The fraction of sp³-hybridized carbons (Fsp3) is 0.476. The van der Waals surface area contributed by atoms with Crippen LogP contribution in [-0.2, 0) is 36.7 Å². The van der Waals surface area contributed by atoms with E-state index in [1.54, 1.807) is 0 Å². The third-order valence-electron chi connectivity index (χ3n) is 7.36. The Hall–Kier alpha value is -2.81. The number of thiol groups is 1. The van der Waals surface area contributed by atoms with E-state index in [0.717, 1.165) is 17.1 Å². The number of H-pyrrole nitrogens is 1. The number of phosphoric ester groups is 1. The molecule has 3 saturated heterocycles. The minimum atomic E-state index is -4.86. The lowest BCUT2D eigenvalue weighted by atomic mass is 10.1. The fourth-order valence-corrected chi connectivity index (χ4v) is 7.79. The Morgan fingerprint density at radius 1 is 1.05 bits per heavy atom. The van der Waals surface area contributed by atoms with Gasteiger partial charge in [-0.1, -0.05) is 12.2 Å². The minimum Gasteiger partial charge on any atom is -0.387 e. The number of aromatic amines is 1. The monoisotopic (exact) mass is 676 g/mol. The molecule has 0 saturated carbocycles. The maximum absolute atomic E-state index is 14.7. The van der Waals surface area contributed by atoms with Crippen LogP contribution in [0.1, 0.15) is 18.9 Å². The van der Waals surface area contributed by atoms with Crippen molar-refractivity contribution in [1.29, 1.82) is 0 Å². The molecule has 0 amide bonds. The van der Waals surface area contributed by atoms with Crippen molar-refractivity contribution < 1.29 is 51.1 Å². The zero-order valence-corrected chi connectivity index (χ0v) is 24.7. The number of aliphatic hydroxyl groups excluding tert-OH is 1. The van der Waals surface area contributed by atoms with Gasteiger partial charge in [0.25, 0.3) is 5.56 Å². The molecule has 236 valence electrons. The number of fused-ring (bicyclic) bond motifs is 5. The van der Waals surface area contributed by atoms with Crippen molar-refractivity contribution in [3.8, 4) is 0 Å². The first-order valence-corrected chi connectivity index (χ1v) is 17.1. The van der Waals surface area contributed by atoms with Crippen LogP contribution in [0.15, 0.2) is 30.0 Å². The van der Waals surface area contributed by atoms with Crippen molar-refractivity contribution in [1.82, 2.24) is 34.1 Å². The lowest BCUT2D eigenvalue weighted by Gasteiger charge is -2.26. The van der Waals surface area contributed by atoms with E-state index < -0.39 is 87.6 Å². The Kier molecular flexibility index (Phi) is 7.41. The number of rotatable bonds is 2. The molecule has 0 aromatic carbocycles. The van der Waals surface area contributed by atoms with E-state index in [9.17, 15) is 28.3 Å². The SMILES string of the molecule is Nc1ncnc2c1ncn2[C@H]1C[C@@H]2OP(=O)(O)OC[C@H]3O[C@@H](n4cc(F)c5c(=O)[nH]cnc54)[C@H](OP(=O)(S)OC[C@H]2O1)[C@@H]3O. The van der Waals surface area contributed by atoms with E-state index >= 15 is 0 Å². The number of anilines is 1. The summed E-state index contributed by atoms with van der Waals surface area (Å²) in [6, 6.07) is 0. The van der Waals surface area contributed by atoms with Crippen molar-refractivity contribution >= 4 is 54.9 Å². The number of aromatic nitrogens is 7. The molecule has 23 heteroatoms. The molecule has 3 aliphatic rings. The quantitative estimate of drug-likeness (QED) is 0.145. The molecule has 0 radical (unpaired) electrons. The van der Waals surface area contributed by atoms with E-state index in [0.29, 0.717) is 11.2 Å². The van der Waals surface area contributed by atoms with Gasteiger partial charge in [0.15, 0.2) is 29.2 Å². The predicted octanol–water partition coefficient (Wildman–Crippen LogP) is 0.787. The summed E-state index contributed by atoms with van der Waals surface area (Å²) in [5.74, 6) is -0.830. The highest BCUT2D eigenvalue weighted by atomic mass is 32.7. The maximum atomic E-state index is 14.7. The number of phosphoric acid groups is 1. The van der Waals surface area contributed by atoms with Gasteiger partial charge in [0.1, 0.15) is 54.0 Å². The Morgan fingerprint density at radius 3 is 2.66 bits per heavy atom. The molecule has 2 unspecified atom stereocenters. The number of hydrogen-bond donors (Lipinski definition) is 5. The summed E-state index contributed by atoms with van der Waals surface area (Å²) in [4.78, 5) is 41.3. The average molecular weight is 676 g/mol. The highest BCUT2D eigenvalue weighted by Gasteiger charge is 2.51. The molecule has 0 spiro atoms. The third kappa shape index (κ3) is 5.27. The number of nitrogens with two attached hydrogens (primary N) is 1. The number of imidazole rings is 1. The Balaban J connectivity index is 1.19. The number of nitrogens with one attached hydrogen (secondary N) is 1. The van der Waals surface area contributed by atoms with Gasteiger partial charge in [0.05, 0.1) is 25.9 Å². The van der Waals surface area contributed by atoms with Gasteiger partial charge in [-0.2, -0.15) is 0 Å². The van der Waals surface area contributed by atoms with Crippen LogP contribution in [0.5, 0.6) is 0 Å². The van der Waals surface area contributed by atoms with Gasteiger partial charge in [-0.15, -0.1) is 0 Å². The predicted molar refractivity (Wildman–Crippen MR) is 147 cm³/mol. The minimum absolute atomic E-state index is 0.0271. The molecule has 7 rings (SSSR count). The topological polar surface area (TPSA) is 250 Å². The molecule has 2 bridgehead atoms. The number of halogens is 1. The highest BCUT2D eigenvalue weighted by molar-refractivity contribution is 8.44. The first kappa shape index (κ1) is 29.9. The van der Waals surface area contributed by atoms with E-state index in [2.05, 4.69) is 37.2 Å². The summed E-state index contributed by atoms with van der Waals surface area (Å²) in [7, 11) is -4.86. The molecule has 44 heavy (non-hydrogen) atoms. The summed E-state index contributed by atoms with van der Waals surface area (Å²) in [6.45, 7) is -5.61. The molecule has 9 atom stereocenters. The van der Waals surface area contributed by atoms with E-state index in [-0.39, 0.29) is 17.9 Å². The number of ether oxygens (including phenoxy) is 2. The van der Waals surface area contributed by atoms with Crippen LogP contribution < -0.4 is 11.3 Å². The van der Waals surface area contributed by atoms with Crippen LogP contribution in [0.3, 0.4) is 0 Å². The zero-order valence-electron chi connectivity index (χ0n) is 22.0. The zero-order chi connectivity index (χ0) is 31.0. The second kappa shape index (κ2) is 10.9. The van der Waals surface area contributed by atoms with Crippen molar-refractivity contribution in [2.24, 2.45) is 0 Å². The Labute approximate surface area is 249 Å². The van der Waals surface area contributed by atoms with Crippen LogP contribution >= 0.6 is 26.9 Å². The number of nitrogens with zero attached hydrogens (tertiary/aromatic N) is 6. The molecule has 3 fully saturated rings. The van der Waals surface area contributed by atoms with E-state index in [1.165, 1.54) is 17.2 Å². The van der Waals surface area contributed by atoms with Crippen molar-refractivity contribution in [3.63, 3.8) is 0 Å². The molecule has 4 aromatic heterocycles. The van der Waals surface area contributed by atoms with Gasteiger partial charge in [-0.25, -0.2) is 33.5 Å². The fourth-order valence-electron chi connectivity index (χ4n) is 5.37. The molecule has 0 aliphatic carbocycles. The summed E-state index contributed by atoms with van der Waals surface area (Å²) < 4.78 is 77.3. The smallest absolute Gasteiger partial charge is 0.387 e. The summed E-state index contributed by atoms with van der Waals surface area (Å²) >= 11 is 4.05. The highest BCUT2D eigenvalue weighted by Crippen LogP contribution is 2.58. The molecular weight excluding hydrogens is 653 g/mol. The van der Waals surface area contributed by atoms with Gasteiger partial charge in [0, 0.05) is 12.6 Å². The van der Waals surface area contributed by atoms with Gasteiger partial charge < -0.3 is 34.8 Å². The van der Waals surface area contributed by atoms with Crippen LogP contribution in [-0.4, -0.2) is 87.8 Å². The molecule has 3 aliphatic heterocycles. The van der Waals surface area contributed by atoms with Crippen LogP contribution in [0.25, 0.3) is 22.2 Å². The summed E-state index contributed by atoms with van der Waals surface area (Å²) in [5, 5.41) is 10.6. The normalized spacial score (nSPS) is 36.6. The van der Waals surface area contributed by atoms with E-state index in [4.69, 9.17) is 33.3 Å². The molecule has 5 N–H and O–H groups in total. The number of nitrogen functional groups attached to an aromatic ring is 1. The average Bonchev–Trinajstić information content (AvgIpc) is 3.72. The number of aliphatic hydroxyl groups is 1. The second-order valence-electron chi connectivity index (χ2n) is 10.1. The molecule has 7 heterocycles. The van der Waals surface area contributed by atoms with Gasteiger partial charge in [-0.05, 0) is 0 Å². The number of hydrogen-bond acceptors (Lipinski definition) is 15. The third-order valence-corrected chi connectivity index (χ3v) is 9.99. The first-order chi connectivity index (χ1) is 20.9. The lowest BCUT2D eigenvalue weighted by Crippen LogP contribution is -2.35. The molecule has 4 aromatic rings. The molecular formula is C21H23FN8O11P2S. The van der Waals surface area contributed by atoms with Gasteiger partial charge >= 0.3 is 14.6 Å². The molecule has 19 nitrogen and oxygen atoms in total. The summed E-state index contributed by atoms with van der Waals surface area (Å²) in [5.41, 5.74) is 5.53. The van der Waals surface area contributed by atoms with Crippen LogP contribution in [0.4, 0.5) is 10.2 Å². The maximum Gasteiger partial charge on any atom is 0.472 e. The van der Waals surface area contributed by atoms with Crippen LogP contribution in [0, 0.1) is 5.82 Å². The standard InChI is InChI=1S/C21H23FN8O11P2S/c22-8-2-29(18-13(8)20(32)27-6-25-18)21-16-15(31)11(39-21)4-36-42(33,34)40-9-1-12(38-10(9)3-37-43(35,44)41-16)30-7-28-14-17(23)24-5-26-19(14)30/h2,5-7,9-12,15-16,21,31H,1,3-4H2,(H,33,34)(H,35,44)(H2,23,24,26)(H,25,27,32)/t9-,10+,11+,12+,15+,16+,21+,43?/m0/s1. The van der Waals surface area contributed by atoms with Gasteiger partial charge in [0.2, 0.25) is 0 Å². The lowest BCUT2D eigenvalue weighted by molar-refractivity contribution is -0.0618. The Morgan fingerprint density at radius 2 is 1.84 bits per heavy atom. The Bertz CT molecular complexity index is 1910. The van der Waals surface area contributed by atoms with Crippen molar-refractivity contribution in [3.05, 3.63) is 41.3 Å². The van der Waals surface area contributed by atoms with Gasteiger partial charge in [-0.3, -0.25) is 27.5 Å². The largest absolute Gasteiger partial charge is 0.472 e. The van der Waals surface area contributed by atoms with E-state index in [1.807, 2.05) is 0 Å². The van der Waals surface area contributed by atoms with Crippen molar-refractivity contribution in [2.75, 3.05) is 18.9 Å². The van der Waals surface area contributed by atoms with Crippen LogP contribution in [0.2, 0.25) is 0 Å². The summed E-state index contributed by atoms with van der Waals surface area (Å²) in [6.07, 6.45) is -4.69. The van der Waals surface area contributed by atoms with Crippen molar-refractivity contribution in [2.45, 2.75) is 49.4 Å².